The molecule has 0 saturated carbocycles. The zero-order chi connectivity index (χ0) is 19.1. The van der Waals surface area contributed by atoms with Crippen LogP contribution in [0.4, 0.5) is 4.79 Å². The number of likely N-dealkylation sites (tertiary alicyclic amines) is 1. The SMILES string of the molecule is O=C(OCC1c2ccccc2-c2ccccc21)N1CC(c2nccc(=O)[nH]2)C1. The molecule has 0 unspecified atom stereocenters. The molecule has 1 aliphatic heterocycles. The normalized spacial score (nSPS) is 15.6. The first-order chi connectivity index (χ1) is 13.7. The fourth-order valence-corrected chi connectivity index (χ4v) is 4.08. The van der Waals surface area contributed by atoms with Gasteiger partial charge in [0.05, 0.1) is 5.92 Å². The number of carbonyl (C=O) groups excluding carboxylic acids is 1. The molecule has 6 nitrogen and oxygen atoms in total. The fourth-order valence-electron chi connectivity index (χ4n) is 4.08. The Kier molecular flexibility index (Phi) is 3.97. The number of aromatic amines is 1. The summed E-state index contributed by atoms with van der Waals surface area (Å²) in [4.78, 5) is 32.4. The van der Waals surface area contributed by atoms with Crippen LogP contribution in [0.25, 0.3) is 11.1 Å². The van der Waals surface area contributed by atoms with E-state index in [2.05, 4.69) is 34.2 Å². The van der Waals surface area contributed by atoms with Gasteiger partial charge in [0.25, 0.3) is 5.56 Å². The fraction of sp³-hybridized carbons (Fsp3) is 0.227. The van der Waals surface area contributed by atoms with Crippen molar-refractivity contribution in [2.45, 2.75) is 11.8 Å². The van der Waals surface area contributed by atoms with Crippen LogP contribution in [-0.4, -0.2) is 40.7 Å². The van der Waals surface area contributed by atoms with Crippen molar-refractivity contribution >= 4 is 6.09 Å². The summed E-state index contributed by atoms with van der Waals surface area (Å²) in [5.74, 6) is 0.727. The first-order valence-corrected chi connectivity index (χ1v) is 9.36. The van der Waals surface area contributed by atoms with E-state index in [-0.39, 0.29) is 23.5 Å². The monoisotopic (exact) mass is 373 g/mol. The highest BCUT2D eigenvalue weighted by atomic mass is 16.6. The van der Waals surface area contributed by atoms with Gasteiger partial charge in [-0.1, -0.05) is 48.5 Å². The Labute approximate surface area is 161 Å². The molecular formula is C22H19N3O3. The number of rotatable bonds is 3. The largest absolute Gasteiger partial charge is 0.448 e. The van der Waals surface area contributed by atoms with Crippen molar-refractivity contribution in [1.29, 1.82) is 0 Å². The summed E-state index contributed by atoms with van der Waals surface area (Å²) in [6, 6.07) is 17.9. The highest BCUT2D eigenvalue weighted by Gasteiger charge is 2.35. The van der Waals surface area contributed by atoms with Crippen molar-refractivity contribution in [3.63, 3.8) is 0 Å². The first-order valence-electron chi connectivity index (χ1n) is 9.36. The van der Waals surface area contributed by atoms with Gasteiger partial charge in [0.2, 0.25) is 0 Å². The highest BCUT2D eigenvalue weighted by Crippen LogP contribution is 2.44. The Morgan fingerprint density at radius 2 is 1.68 bits per heavy atom. The number of fused-ring (bicyclic) bond motifs is 3. The molecule has 3 aromatic rings. The number of aromatic nitrogens is 2. The molecule has 0 radical (unpaired) electrons. The van der Waals surface area contributed by atoms with Gasteiger partial charge in [0.15, 0.2) is 0 Å². The van der Waals surface area contributed by atoms with Crippen LogP contribution in [0.3, 0.4) is 0 Å². The van der Waals surface area contributed by atoms with Gasteiger partial charge in [-0.25, -0.2) is 9.78 Å². The van der Waals surface area contributed by atoms with Crippen LogP contribution in [0.15, 0.2) is 65.6 Å². The maximum Gasteiger partial charge on any atom is 0.409 e. The second kappa shape index (κ2) is 6.64. The predicted octanol–water partition coefficient (Wildman–Crippen LogP) is 3.12. The lowest BCUT2D eigenvalue weighted by atomic mass is 9.98. The van der Waals surface area contributed by atoms with Crippen LogP contribution in [0.2, 0.25) is 0 Å². The molecule has 0 spiro atoms. The number of carbonyl (C=O) groups is 1. The molecule has 2 aliphatic rings. The second-order valence-electron chi connectivity index (χ2n) is 7.23. The van der Waals surface area contributed by atoms with E-state index < -0.39 is 0 Å². The molecule has 0 bridgehead atoms. The Balaban J connectivity index is 1.25. The average molecular weight is 373 g/mol. The Hall–Kier alpha value is -3.41. The molecule has 1 saturated heterocycles. The van der Waals surface area contributed by atoms with Crippen molar-refractivity contribution in [2.24, 2.45) is 0 Å². The third-order valence-electron chi connectivity index (χ3n) is 5.55. The number of benzene rings is 2. The minimum Gasteiger partial charge on any atom is -0.448 e. The van der Waals surface area contributed by atoms with Crippen molar-refractivity contribution in [3.05, 3.63) is 88.1 Å². The number of hydrogen-bond donors (Lipinski definition) is 1. The predicted molar refractivity (Wildman–Crippen MR) is 104 cm³/mol. The molecule has 5 rings (SSSR count). The smallest absolute Gasteiger partial charge is 0.409 e. The van der Waals surface area contributed by atoms with E-state index in [9.17, 15) is 9.59 Å². The molecule has 1 amide bonds. The van der Waals surface area contributed by atoms with E-state index in [1.54, 1.807) is 4.90 Å². The summed E-state index contributed by atoms with van der Waals surface area (Å²) in [5, 5.41) is 0. The quantitative estimate of drug-likeness (QED) is 0.765. The third kappa shape index (κ3) is 2.78. The van der Waals surface area contributed by atoms with Gasteiger partial charge in [-0.3, -0.25) is 4.79 Å². The van der Waals surface area contributed by atoms with E-state index in [0.29, 0.717) is 25.5 Å². The van der Waals surface area contributed by atoms with Crippen molar-refractivity contribution in [1.82, 2.24) is 14.9 Å². The number of amides is 1. The van der Waals surface area contributed by atoms with Gasteiger partial charge < -0.3 is 14.6 Å². The Morgan fingerprint density at radius 1 is 1.04 bits per heavy atom. The Morgan fingerprint density at radius 3 is 2.32 bits per heavy atom. The van der Waals surface area contributed by atoms with Gasteiger partial charge in [0.1, 0.15) is 12.4 Å². The summed E-state index contributed by atoms with van der Waals surface area (Å²) in [6.07, 6.45) is 1.17. The van der Waals surface area contributed by atoms with E-state index >= 15 is 0 Å². The first kappa shape index (κ1) is 16.7. The molecule has 1 aromatic heterocycles. The van der Waals surface area contributed by atoms with E-state index in [1.807, 2.05) is 24.3 Å². The van der Waals surface area contributed by atoms with Crippen LogP contribution < -0.4 is 5.56 Å². The zero-order valence-corrected chi connectivity index (χ0v) is 15.2. The zero-order valence-electron chi connectivity index (χ0n) is 15.2. The molecule has 140 valence electrons. The second-order valence-corrected chi connectivity index (χ2v) is 7.23. The van der Waals surface area contributed by atoms with Crippen molar-refractivity contribution in [2.75, 3.05) is 19.7 Å². The molecule has 6 heteroatoms. The molecular weight excluding hydrogens is 354 g/mol. The van der Waals surface area contributed by atoms with E-state index in [1.165, 1.54) is 34.5 Å². The number of ether oxygens (including phenoxy) is 1. The van der Waals surface area contributed by atoms with Gasteiger partial charge >= 0.3 is 6.09 Å². The number of nitrogens with zero attached hydrogens (tertiary/aromatic N) is 2. The van der Waals surface area contributed by atoms with Crippen molar-refractivity contribution in [3.8, 4) is 11.1 Å². The topological polar surface area (TPSA) is 75.3 Å². The van der Waals surface area contributed by atoms with Crippen molar-refractivity contribution < 1.29 is 9.53 Å². The molecule has 2 aromatic carbocycles. The Bertz CT molecular complexity index is 1060. The molecule has 1 N–H and O–H groups in total. The molecule has 28 heavy (non-hydrogen) atoms. The molecule has 1 aliphatic carbocycles. The molecule has 1 fully saturated rings. The number of nitrogens with one attached hydrogen (secondary N) is 1. The lowest BCUT2D eigenvalue weighted by molar-refractivity contribution is 0.0681. The number of hydrogen-bond acceptors (Lipinski definition) is 4. The summed E-state index contributed by atoms with van der Waals surface area (Å²) >= 11 is 0. The summed E-state index contributed by atoms with van der Waals surface area (Å²) in [7, 11) is 0. The van der Waals surface area contributed by atoms with Crippen LogP contribution >= 0.6 is 0 Å². The van der Waals surface area contributed by atoms with Crippen LogP contribution in [0, 0.1) is 0 Å². The minimum absolute atomic E-state index is 0.0504. The van der Waals surface area contributed by atoms with Crippen LogP contribution in [0.5, 0.6) is 0 Å². The minimum atomic E-state index is -0.323. The third-order valence-corrected chi connectivity index (χ3v) is 5.55. The van der Waals surface area contributed by atoms with Crippen LogP contribution in [-0.2, 0) is 4.74 Å². The van der Waals surface area contributed by atoms with Gasteiger partial charge in [-0.2, -0.15) is 0 Å². The van der Waals surface area contributed by atoms with Gasteiger partial charge in [-0.15, -0.1) is 0 Å². The maximum atomic E-state index is 12.5. The highest BCUT2D eigenvalue weighted by molar-refractivity contribution is 5.79. The van der Waals surface area contributed by atoms with Gasteiger partial charge in [0, 0.05) is 31.3 Å². The number of H-pyrrole nitrogens is 1. The van der Waals surface area contributed by atoms with Gasteiger partial charge in [-0.05, 0) is 22.3 Å². The van der Waals surface area contributed by atoms with Crippen LogP contribution in [0.1, 0.15) is 28.8 Å². The summed E-state index contributed by atoms with van der Waals surface area (Å²) < 4.78 is 5.65. The standard InChI is InChI=1S/C22H19N3O3/c26-20-9-10-23-21(24-20)14-11-25(12-14)22(27)28-13-19-17-7-3-1-5-15(17)16-6-2-4-8-18(16)19/h1-10,14,19H,11-13H2,(H,23,24,26). The van der Waals surface area contributed by atoms with E-state index in [0.717, 1.165) is 0 Å². The maximum absolute atomic E-state index is 12.5. The summed E-state index contributed by atoms with van der Waals surface area (Å²) in [6.45, 7) is 1.32. The summed E-state index contributed by atoms with van der Waals surface area (Å²) in [5.41, 5.74) is 4.64. The van der Waals surface area contributed by atoms with E-state index in [4.69, 9.17) is 4.74 Å². The lowest BCUT2D eigenvalue weighted by Crippen LogP contribution is -2.49. The average Bonchev–Trinajstić information content (AvgIpc) is 2.99. The molecule has 2 heterocycles. The lowest BCUT2D eigenvalue weighted by Gasteiger charge is -2.37. The molecule has 0 atom stereocenters.